The van der Waals surface area contributed by atoms with E-state index in [0.717, 1.165) is 65.1 Å². The number of aliphatic hydroxyl groups is 2. The fourth-order valence-electron chi connectivity index (χ4n) is 6.40. The van der Waals surface area contributed by atoms with Crippen LogP contribution in [0, 0.1) is 18.3 Å². The third kappa shape index (κ3) is 10.1. The van der Waals surface area contributed by atoms with Gasteiger partial charge >= 0.3 is 0 Å². The molecule has 5 aromatic rings. The highest BCUT2D eigenvalue weighted by molar-refractivity contribution is 6.35. The average molecular weight is 772 g/mol. The summed E-state index contributed by atoms with van der Waals surface area (Å²) in [4.78, 5) is 6.44. The number of aromatic nitrogens is 3. The number of nitrogens with zero attached hydrogens (tertiary/aromatic N) is 4. The first kappa shape index (κ1) is 39.0. The van der Waals surface area contributed by atoms with Crippen LogP contribution in [-0.4, -0.2) is 68.7 Å². The lowest BCUT2D eigenvalue weighted by Gasteiger charge is -2.36. The van der Waals surface area contributed by atoms with Gasteiger partial charge in [0.15, 0.2) is 0 Å². The predicted octanol–water partition coefficient (Wildman–Crippen LogP) is 6.99. The number of H-pyrrole nitrogens is 1. The summed E-state index contributed by atoms with van der Waals surface area (Å²) in [5.74, 6) is 1.68. The number of pyridine rings is 1. The Morgan fingerprint density at radius 2 is 1.72 bits per heavy atom. The van der Waals surface area contributed by atoms with Crippen LogP contribution in [0.5, 0.6) is 17.2 Å². The smallest absolute Gasteiger partial charge is 0.142 e. The molecule has 0 saturated carbocycles. The Labute approximate surface area is 325 Å². The molecule has 3 aromatic carbocycles. The molecule has 0 spiro atoms. The van der Waals surface area contributed by atoms with Gasteiger partial charge in [0.2, 0.25) is 0 Å². The Morgan fingerprint density at radius 3 is 2.50 bits per heavy atom. The van der Waals surface area contributed by atoms with Gasteiger partial charge < -0.3 is 34.6 Å². The number of aliphatic hydroxyl groups excluding tert-OH is 1. The van der Waals surface area contributed by atoms with Crippen molar-refractivity contribution >= 4 is 23.2 Å². The summed E-state index contributed by atoms with van der Waals surface area (Å²) >= 11 is 13.7. The van der Waals surface area contributed by atoms with Gasteiger partial charge in [0, 0.05) is 79.8 Å². The Kier molecular flexibility index (Phi) is 13.4. The fourth-order valence-corrected chi connectivity index (χ4v) is 6.92. The predicted molar refractivity (Wildman–Crippen MR) is 208 cm³/mol. The molecule has 2 aromatic heterocycles. The van der Waals surface area contributed by atoms with E-state index in [1.54, 1.807) is 24.5 Å². The molecule has 54 heavy (non-hydrogen) atoms. The molecule has 282 valence electrons. The number of nitrogens with one attached hydrogen (secondary N) is 2. The van der Waals surface area contributed by atoms with Crippen LogP contribution in [0.1, 0.15) is 52.8 Å². The van der Waals surface area contributed by atoms with Crippen LogP contribution in [0.2, 0.25) is 10.0 Å². The molecule has 1 fully saturated rings. The van der Waals surface area contributed by atoms with E-state index in [2.05, 4.69) is 31.5 Å². The second kappa shape index (κ2) is 18.6. The van der Waals surface area contributed by atoms with Crippen molar-refractivity contribution in [3.8, 4) is 34.4 Å². The lowest BCUT2D eigenvalue weighted by molar-refractivity contribution is -0.0596. The molecule has 0 aliphatic carbocycles. The molecule has 0 bridgehead atoms. The Balaban J connectivity index is 1.12. The molecule has 4 N–H and O–H groups in total. The Bertz CT molecular complexity index is 2050. The Morgan fingerprint density at radius 1 is 0.926 bits per heavy atom. The zero-order valence-electron chi connectivity index (χ0n) is 30.2. The number of ether oxygens (including phenoxy) is 3. The second-order valence-electron chi connectivity index (χ2n) is 13.5. The SMILES string of the molecule is Cc1c(COc2cc(OCc3cncc(C#N)c3)c(CNCc3ccn[nH]3)cc2Cl)cccc1-c1cccc(OCCCN2CCC(O)(CO)CC2)c1Cl. The number of hydrogen-bond donors (Lipinski definition) is 4. The second-order valence-corrected chi connectivity index (χ2v) is 14.3. The number of likely N-dealkylation sites (tertiary alicyclic amines) is 1. The summed E-state index contributed by atoms with van der Waals surface area (Å²) in [5.41, 5.74) is 5.88. The lowest BCUT2D eigenvalue weighted by Crippen LogP contribution is -2.46. The maximum Gasteiger partial charge on any atom is 0.142 e. The van der Waals surface area contributed by atoms with E-state index in [4.69, 9.17) is 37.4 Å². The molecule has 1 saturated heterocycles. The quantitative estimate of drug-likeness (QED) is 0.0729. The largest absolute Gasteiger partial charge is 0.492 e. The van der Waals surface area contributed by atoms with E-state index in [0.29, 0.717) is 65.4 Å². The van der Waals surface area contributed by atoms with E-state index < -0.39 is 5.60 Å². The number of piperidine rings is 1. The van der Waals surface area contributed by atoms with E-state index in [1.807, 2.05) is 55.5 Å². The van der Waals surface area contributed by atoms with Crippen LogP contribution in [0.4, 0.5) is 0 Å². The maximum absolute atomic E-state index is 10.3. The van der Waals surface area contributed by atoms with Crippen LogP contribution in [-0.2, 0) is 26.3 Å². The van der Waals surface area contributed by atoms with Gasteiger partial charge in [-0.1, -0.05) is 53.5 Å². The standard InChI is InChI=1S/C41H44Cl2N6O5/c1-28-31(5-2-6-34(28)35-7-3-8-37(40(35)43)52-16-4-13-49-14-10-41(51,27-50)11-15-49)26-54-39-19-38(53-25-30-17-29(20-44)21-45-22-30)32(18-36(39)42)23-46-24-33-9-12-47-48-33/h2-3,5-9,12,17-19,21-22,46,50-51H,4,10-11,13-16,23-27H2,1H3,(H,47,48). The summed E-state index contributed by atoms with van der Waals surface area (Å²) in [6.45, 7) is 6.22. The van der Waals surface area contributed by atoms with Crippen molar-refractivity contribution in [1.29, 1.82) is 5.26 Å². The van der Waals surface area contributed by atoms with E-state index in [9.17, 15) is 15.5 Å². The first-order valence-electron chi connectivity index (χ1n) is 17.9. The average Bonchev–Trinajstić information content (AvgIpc) is 3.71. The van der Waals surface area contributed by atoms with Gasteiger partial charge in [0.05, 0.1) is 34.4 Å². The molecule has 0 radical (unpaired) electrons. The molecule has 11 nitrogen and oxygen atoms in total. The Hall–Kier alpha value is -4.67. The normalized spacial score (nSPS) is 14.1. The highest BCUT2D eigenvalue weighted by Gasteiger charge is 2.31. The number of aromatic amines is 1. The van der Waals surface area contributed by atoms with Crippen LogP contribution >= 0.6 is 23.2 Å². The van der Waals surface area contributed by atoms with Gasteiger partial charge in [-0.05, 0) is 67.1 Å². The highest BCUT2D eigenvalue weighted by Crippen LogP contribution is 2.39. The molecular formula is C41H44Cl2N6O5. The van der Waals surface area contributed by atoms with Crippen molar-refractivity contribution in [3.05, 3.63) is 123 Å². The van der Waals surface area contributed by atoms with Crippen LogP contribution < -0.4 is 19.5 Å². The van der Waals surface area contributed by atoms with Gasteiger partial charge in [-0.3, -0.25) is 10.1 Å². The summed E-state index contributed by atoms with van der Waals surface area (Å²) in [5, 5.41) is 40.3. The van der Waals surface area contributed by atoms with Gasteiger partial charge in [-0.25, -0.2) is 0 Å². The third-order valence-electron chi connectivity index (χ3n) is 9.66. The van der Waals surface area contributed by atoms with Crippen LogP contribution in [0.25, 0.3) is 11.1 Å². The van der Waals surface area contributed by atoms with Gasteiger partial charge in [-0.2, -0.15) is 10.4 Å². The van der Waals surface area contributed by atoms with Crippen molar-refractivity contribution in [2.45, 2.75) is 58.1 Å². The summed E-state index contributed by atoms with van der Waals surface area (Å²) in [6, 6.07) is 21.3. The van der Waals surface area contributed by atoms with E-state index in [1.165, 1.54) is 6.20 Å². The summed E-state index contributed by atoms with van der Waals surface area (Å²) in [7, 11) is 0. The molecule has 6 rings (SSSR count). The van der Waals surface area contributed by atoms with Crippen LogP contribution in [0.3, 0.4) is 0 Å². The molecule has 1 aliphatic heterocycles. The molecular weight excluding hydrogens is 727 g/mol. The van der Waals surface area contributed by atoms with Crippen molar-refractivity contribution in [2.75, 3.05) is 32.8 Å². The van der Waals surface area contributed by atoms with E-state index >= 15 is 0 Å². The third-order valence-corrected chi connectivity index (χ3v) is 10.3. The molecule has 0 amide bonds. The molecule has 1 aliphatic rings. The maximum atomic E-state index is 10.3. The lowest BCUT2D eigenvalue weighted by atomic mass is 9.92. The van der Waals surface area contributed by atoms with Crippen molar-refractivity contribution in [1.82, 2.24) is 25.4 Å². The number of rotatable bonds is 17. The van der Waals surface area contributed by atoms with Gasteiger partial charge in [-0.15, -0.1) is 0 Å². The zero-order chi connectivity index (χ0) is 37.9. The molecule has 13 heteroatoms. The fraction of sp³-hybridized carbons (Fsp3) is 0.341. The van der Waals surface area contributed by atoms with Gasteiger partial charge in [0.1, 0.15) is 36.5 Å². The topological polar surface area (TPSA) is 149 Å². The molecule has 0 unspecified atom stereocenters. The monoisotopic (exact) mass is 770 g/mol. The van der Waals surface area contributed by atoms with Crippen molar-refractivity contribution < 1.29 is 24.4 Å². The van der Waals surface area contributed by atoms with Gasteiger partial charge in [0.25, 0.3) is 0 Å². The molecule has 3 heterocycles. The number of nitriles is 1. The molecule has 0 atom stereocenters. The number of halogens is 2. The minimum absolute atomic E-state index is 0.194. The van der Waals surface area contributed by atoms with Crippen molar-refractivity contribution in [3.63, 3.8) is 0 Å². The van der Waals surface area contributed by atoms with Crippen LogP contribution in [0.15, 0.2) is 79.3 Å². The first-order chi connectivity index (χ1) is 26.2. The zero-order valence-corrected chi connectivity index (χ0v) is 31.7. The number of hydrogen-bond acceptors (Lipinski definition) is 10. The summed E-state index contributed by atoms with van der Waals surface area (Å²) < 4.78 is 18.7. The minimum Gasteiger partial charge on any atom is -0.492 e. The van der Waals surface area contributed by atoms with Crippen molar-refractivity contribution in [2.24, 2.45) is 0 Å². The number of benzene rings is 3. The first-order valence-corrected chi connectivity index (χ1v) is 18.7. The minimum atomic E-state index is -0.953. The van der Waals surface area contributed by atoms with E-state index in [-0.39, 0.29) is 19.8 Å². The highest BCUT2D eigenvalue weighted by atomic mass is 35.5. The summed E-state index contributed by atoms with van der Waals surface area (Å²) in [6.07, 6.45) is 6.85.